The molecule has 100 valence electrons. The Morgan fingerprint density at radius 2 is 2.11 bits per heavy atom. The Bertz CT molecular complexity index is 391. The number of halogens is 1. The van der Waals surface area contributed by atoms with Gasteiger partial charge in [-0.1, -0.05) is 15.9 Å². The molecule has 0 aliphatic carbocycles. The van der Waals surface area contributed by atoms with Gasteiger partial charge in [-0.3, -0.25) is 0 Å². The molecule has 0 spiro atoms. The van der Waals surface area contributed by atoms with E-state index < -0.39 is 0 Å². The number of phenolic OH excluding ortho intramolecular Hbond substituents is 1. The number of hydrogen-bond donors (Lipinski definition) is 1. The molecule has 1 aliphatic heterocycles. The first-order valence-corrected chi connectivity index (χ1v) is 7.18. The zero-order valence-electron chi connectivity index (χ0n) is 10.7. The largest absolute Gasteiger partial charge is 0.508 e. The Morgan fingerprint density at radius 3 is 2.83 bits per heavy atom. The number of ether oxygens (including phenoxy) is 1. The van der Waals surface area contributed by atoms with Crippen molar-refractivity contribution in [1.29, 1.82) is 0 Å². The van der Waals surface area contributed by atoms with Crippen LogP contribution in [0.25, 0.3) is 0 Å². The van der Waals surface area contributed by atoms with Crippen LogP contribution >= 0.6 is 15.9 Å². The summed E-state index contributed by atoms with van der Waals surface area (Å²) in [4.78, 5) is 2.32. The predicted octanol–water partition coefficient (Wildman–Crippen LogP) is 3.01. The van der Waals surface area contributed by atoms with Crippen LogP contribution < -0.4 is 0 Å². The van der Waals surface area contributed by atoms with E-state index in [2.05, 4.69) is 27.9 Å². The average molecular weight is 314 g/mol. The van der Waals surface area contributed by atoms with Gasteiger partial charge in [0.2, 0.25) is 0 Å². The topological polar surface area (TPSA) is 32.7 Å². The van der Waals surface area contributed by atoms with Crippen molar-refractivity contribution >= 4 is 15.9 Å². The minimum atomic E-state index is 0.327. The molecule has 1 N–H and O–H groups in total. The maximum Gasteiger partial charge on any atom is 0.115 e. The summed E-state index contributed by atoms with van der Waals surface area (Å²) < 4.78 is 6.43. The van der Waals surface area contributed by atoms with Gasteiger partial charge in [0.15, 0.2) is 0 Å². The number of hydrogen-bond acceptors (Lipinski definition) is 3. The van der Waals surface area contributed by atoms with E-state index >= 15 is 0 Å². The Hall–Kier alpha value is -0.580. The van der Waals surface area contributed by atoms with Crippen molar-refractivity contribution in [1.82, 2.24) is 4.90 Å². The van der Waals surface area contributed by atoms with Crippen LogP contribution in [0.3, 0.4) is 0 Å². The molecule has 1 aromatic rings. The zero-order valence-corrected chi connectivity index (χ0v) is 12.3. The minimum absolute atomic E-state index is 0.327. The molecule has 3 nitrogen and oxygen atoms in total. The number of aromatic hydroxyl groups is 1. The summed E-state index contributed by atoms with van der Waals surface area (Å²) in [6.07, 6.45) is 2.32. The highest BCUT2D eigenvalue weighted by Gasteiger charge is 2.16. The van der Waals surface area contributed by atoms with Gasteiger partial charge >= 0.3 is 0 Å². The molecular formula is C14H20BrNO2. The fraction of sp³-hybridized carbons (Fsp3) is 0.571. The lowest BCUT2D eigenvalue weighted by Gasteiger charge is -2.27. The normalized spacial score (nSPS) is 17.3. The van der Waals surface area contributed by atoms with Gasteiger partial charge in [-0.15, -0.1) is 0 Å². The van der Waals surface area contributed by atoms with Crippen LogP contribution in [0.1, 0.15) is 18.4 Å². The molecule has 1 fully saturated rings. The maximum absolute atomic E-state index is 9.52. The second-order valence-corrected chi connectivity index (χ2v) is 5.88. The molecule has 1 heterocycles. The van der Waals surface area contributed by atoms with Crippen LogP contribution in [0.4, 0.5) is 0 Å². The minimum Gasteiger partial charge on any atom is -0.508 e. The first-order valence-electron chi connectivity index (χ1n) is 6.39. The van der Waals surface area contributed by atoms with E-state index in [1.165, 1.54) is 0 Å². The van der Waals surface area contributed by atoms with E-state index in [4.69, 9.17) is 4.74 Å². The monoisotopic (exact) mass is 313 g/mol. The zero-order chi connectivity index (χ0) is 13.0. The second kappa shape index (κ2) is 6.55. The van der Waals surface area contributed by atoms with E-state index in [0.29, 0.717) is 5.75 Å². The molecule has 0 aromatic heterocycles. The molecule has 0 atom stereocenters. The highest BCUT2D eigenvalue weighted by molar-refractivity contribution is 9.10. The SMILES string of the molecule is CN(Cc1cc(O)ccc1Br)CC1CCOCC1. The molecular weight excluding hydrogens is 294 g/mol. The van der Waals surface area contributed by atoms with Crippen LogP contribution in [0.15, 0.2) is 22.7 Å². The van der Waals surface area contributed by atoms with Crippen molar-refractivity contribution in [2.45, 2.75) is 19.4 Å². The number of benzene rings is 1. The molecule has 0 saturated carbocycles. The quantitative estimate of drug-likeness (QED) is 0.927. The molecule has 0 bridgehead atoms. The Morgan fingerprint density at radius 1 is 1.39 bits per heavy atom. The Labute approximate surface area is 117 Å². The van der Waals surface area contributed by atoms with Crippen LogP contribution in [0.2, 0.25) is 0 Å². The van der Waals surface area contributed by atoms with Crippen LogP contribution in [0.5, 0.6) is 5.75 Å². The van der Waals surface area contributed by atoms with Crippen molar-refractivity contribution in [3.05, 3.63) is 28.2 Å². The number of rotatable bonds is 4. The van der Waals surface area contributed by atoms with Crippen molar-refractivity contribution in [3.8, 4) is 5.75 Å². The third-order valence-corrected chi connectivity index (χ3v) is 4.15. The summed E-state index contributed by atoms with van der Waals surface area (Å²) in [5.74, 6) is 1.06. The van der Waals surface area contributed by atoms with Crippen molar-refractivity contribution < 1.29 is 9.84 Å². The molecule has 1 saturated heterocycles. The van der Waals surface area contributed by atoms with Crippen molar-refractivity contribution in [2.75, 3.05) is 26.8 Å². The lowest BCUT2D eigenvalue weighted by Crippen LogP contribution is -2.29. The lowest BCUT2D eigenvalue weighted by molar-refractivity contribution is 0.0549. The van der Waals surface area contributed by atoms with E-state index in [-0.39, 0.29) is 0 Å². The van der Waals surface area contributed by atoms with E-state index in [1.807, 2.05) is 12.1 Å². The van der Waals surface area contributed by atoms with Gasteiger partial charge in [-0.2, -0.15) is 0 Å². The van der Waals surface area contributed by atoms with Gasteiger partial charge < -0.3 is 14.7 Å². The first-order chi connectivity index (χ1) is 8.65. The standard InChI is InChI=1S/C14H20BrNO2/c1-16(9-11-4-6-18-7-5-11)10-12-8-13(17)2-3-14(12)15/h2-3,8,11,17H,4-7,9-10H2,1H3. The summed E-state index contributed by atoms with van der Waals surface area (Å²) in [7, 11) is 2.13. The summed E-state index contributed by atoms with van der Waals surface area (Å²) in [5, 5.41) is 9.52. The Balaban J connectivity index is 1.89. The van der Waals surface area contributed by atoms with Gasteiger partial charge in [0.1, 0.15) is 5.75 Å². The van der Waals surface area contributed by atoms with Crippen LogP contribution in [-0.4, -0.2) is 36.8 Å². The molecule has 0 amide bonds. The Kier molecular flexibility index (Phi) is 5.03. The van der Waals surface area contributed by atoms with E-state index in [9.17, 15) is 5.11 Å². The maximum atomic E-state index is 9.52. The van der Waals surface area contributed by atoms with Crippen molar-refractivity contribution in [3.63, 3.8) is 0 Å². The molecule has 18 heavy (non-hydrogen) atoms. The summed E-state index contributed by atoms with van der Waals surface area (Å²) in [5.41, 5.74) is 1.13. The van der Waals surface area contributed by atoms with Gasteiger partial charge in [-0.05, 0) is 49.6 Å². The molecule has 0 unspecified atom stereocenters. The third kappa shape index (κ3) is 3.97. The second-order valence-electron chi connectivity index (χ2n) is 5.03. The van der Waals surface area contributed by atoms with Gasteiger partial charge in [-0.25, -0.2) is 0 Å². The highest BCUT2D eigenvalue weighted by atomic mass is 79.9. The smallest absolute Gasteiger partial charge is 0.115 e. The predicted molar refractivity (Wildman–Crippen MR) is 75.7 cm³/mol. The van der Waals surface area contributed by atoms with Gasteiger partial charge in [0.05, 0.1) is 0 Å². The van der Waals surface area contributed by atoms with Crippen molar-refractivity contribution in [2.24, 2.45) is 5.92 Å². The molecule has 1 aliphatic rings. The molecule has 1 aromatic carbocycles. The molecule has 0 radical (unpaired) electrons. The first kappa shape index (κ1) is 13.8. The van der Waals surface area contributed by atoms with Gasteiger partial charge in [0, 0.05) is 30.8 Å². The molecule has 4 heteroatoms. The van der Waals surface area contributed by atoms with Crippen LogP contribution in [0, 0.1) is 5.92 Å². The average Bonchev–Trinajstić information content (AvgIpc) is 2.35. The van der Waals surface area contributed by atoms with Gasteiger partial charge in [0.25, 0.3) is 0 Å². The van der Waals surface area contributed by atoms with E-state index in [0.717, 1.165) is 55.1 Å². The summed E-state index contributed by atoms with van der Waals surface area (Å²) in [6.45, 7) is 3.74. The number of phenols is 1. The fourth-order valence-corrected chi connectivity index (χ4v) is 2.78. The number of nitrogens with zero attached hydrogens (tertiary/aromatic N) is 1. The molecule has 2 rings (SSSR count). The fourth-order valence-electron chi connectivity index (χ4n) is 2.41. The lowest BCUT2D eigenvalue weighted by atomic mass is 10.00. The summed E-state index contributed by atoms with van der Waals surface area (Å²) >= 11 is 3.53. The van der Waals surface area contributed by atoms with E-state index in [1.54, 1.807) is 6.07 Å². The summed E-state index contributed by atoms with van der Waals surface area (Å²) in [6, 6.07) is 5.42. The van der Waals surface area contributed by atoms with Crippen LogP contribution in [-0.2, 0) is 11.3 Å². The highest BCUT2D eigenvalue weighted by Crippen LogP contribution is 2.24. The third-order valence-electron chi connectivity index (χ3n) is 3.38.